The van der Waals surface area contributed by atoms with Crippen molar-refractivity contribution in [2.24, 2.45) is 0 Å². The molecule has 0 saturated carbocycles. The summed E-state index contributed by atoms with van der Waals surface area (Å²) in [6, 6.07) is 25.7. The van der Waals surface area contributed by atoms with Gasteiger partial charge in [0.05, 0.1) is 6.33 Å². The minimum atomic E-state index is 0.852. The summed E-state index contributed by atoms with van der Waals surface area (Å²) in [6.07, 6.45) is 4.76. The molecule has 0 saturated heterocycles. The number of hydrogen-bond acceptors (Lipinski definition) is 1. The summed E-state index contributed by atoms with van der Waals surface area (Å²) in [7, 11) is 0. The van der Waals surface area contributed by atoms with Gasteiger partial charge in [0.25, 0.3) is 0 Å². The highest BCUT2D eigenvalue weighted by Gasteiger charge is 2.08. The van der Waals surface area contributed by atoms with E-state index in [-0.39, 0.29) is 0 Å². The van der Waals surface area contributed by atoms with E-state index >= 15 is 0 Å². The summed E-state index contributed by atoms with van der Waals surface area (Å²) >= 11 is 0. The number of para-hydroxylation sites is 1. The van der Waals surface area contributed by atoms with Crippen molar-refractivity contribution in [1.29, 1.82) is 0 Å². The first-order chi connectivity index (χ1) is 12.9. The molecule has 2 heterocycles. The van der Waals surface area contributed by atoms with E-state index in [1.54, 1.807) is 0 Å². The molecule has 3 nitrogen and oxygen atoms in total. The fraction of sp³-hybridized carbons (Fsp3) is 0.0870. The zero-order valence-corrected chi connectivity index (χ0v) is 14.4. The number of aromatic amines is 1. The Morgan fingerprint density at radius 3 is 2.50 bits per heavy atom. The number of benzene rings is 3. The van der Waals surface area contributed by atoms with Crippen LogP contribution < -0.4 is 0 Å². The Bertz CT molecular complexity index is 1180. The van der Waals surface area contributed by atoms with Gasteiger partial charge in [-0.3, -0.25) is 0 Å². The summed E-state index contributed by atoms with van der Waals surface area (Å²) in [4.78, 5) is 7.90. The molecule has 2 aromatic heterocycles. The first kappa shape index (κ1) is 15.0. The summed E-state index contributed by atoms with van der Waals surface area (Å²) < 4.78 is 2.23. The molecule has 0 radical (unpaired) electrons. The number of hydrogen-bond donors (Lipinski definition) is 1. The minimum absolute atomic E-state index is 0.852. The summed E-state index contributed by atoms with van der Waals surface area (Å²) in [5.41, 5.74) is 6.19. The number of H-pyrrole nitrogens is 1. The van der Waals surface area contributed by atoms with E-state index in [1.807, 2.05) is 18.6 Å². The normalized spacial score (nSPS) is 11.4. The van der Waals surface area contributed by atoms with E-state index in [0.717, 1.165) is 13.0 Å². The van der Waals surface area contributed by atoms with Crippen LogP contribution in [0, 0.1) is 0 Å². The number of nitrogens with zero attached hydrogens (tertiary/aromatic N) is 2. The predicted octanol–water partition coefficient (Wildman–Crippen LogP) is 5.16. The van der Waals surface area contributed by atoms with E-state index in [0.29, 0.717) is 0 Å². The highest BCUT2D eigenvalue weighted by atomic mass is 15.0. The lowest BCUT2D eigenvalue weighted by Gasteiger charge is -2.08. The first-order valence-electron chi connectivity index (χ1n) is 8.89. The number of fused-ring (bicyclic) bond motifs is 3. The number of imidazole rings is 1. The van der Waals surface area contributed by atoms with E-state index < -0.39 is 0 Å². The average Bonchev–Trinajstić information content (AvgIpc) is 3.26. The van der Waals surface area contributed by atoms with Crippen molar-refractivity contribution >= 4 is 21.8 Å². The number of aromatic nitrogens is 3. The predicted molar refractivity (Wildman–Crippen MR) is 106 cm³/mol. The van der Waals surface area contributed by atoms with Gasteiger partial charge >= 0.3 is 0 Å². The standard InChI is InChI=1S/C23H19N3/c1-2-6-17(7-3-1)15-26-16-24-14-19(26)12-18-10-11-21-20-8-4-5-9-22(20)25-23(21)13-18/h1-11,13-14,16,25H,12,15H2. The van der Waals surface area contributed by atoms with Crippen molar-refractivity contribution in [3.8, 4) is 0 Å². The zero-order valence-electron chi connectivity index (χ0n) is 14.4. The van der Waals surface area contributed by atoms with E-state index in [2.05, 4.69) is 81.3 Å². The molecule has 0 bridgehead atoms. The van der Waals surface area contributed by atoms with Crippen LogP contribution >= 0.6 is 0 Å². The Balaban J connectivity index is 1.46. The second-order valence-corrected chi connectivity index (χ2v) is 6.73. The average molecular weight is 337 g/mol. The van der Waals surface area contributed by atoms with Gasteiger partial charge in [-0.1, -0.05) is 60.7 Å². The largest absolute Gasteiger partial charge is 0.355 e. The van der Waals surface area contributed by atoms with Gasteiger partial charge in [-0.15, -0.1) is 0 Å². The molecule has 1 N–H and O–H groups in total. The van der Waals surface area contributed by atoms with Gasteiger partial charge in [0.15, 0.2) is 0 Å². The molecule has 0 spiro atoms. The van der Waals surface area contributed by atoms with E-state index in [9.17, 15) is 0 Å². The van der Waals surface area contributed by atoms with Crippen LogP contribution in [0.25, 0.3) is 21.8 Å². The lowest BCUT2D eigenvalue weighted by molar-refractivity contribution is 0.754. The highest BCUT2D eigenvalue weighted by molar-refractivity contribution is 6.07. The van der Waals surface area contributed by atoms with Crippen molar-refractivity contribution < 1.29 is 0 Å². The van der Waals surface area contributed by atoms with Crippen LogP contribution in [-0.4, -0.2) is 14.5 Å². The monoisotopic (exact) mass is 337 g/mol. The summed E-state index contributed by atoms with van der Waals surface area (Å²) in [5.74, 6) is 0. The second-order valence-electron chi connectivity index (χ2n) is 6.73. The Morgan fingerprint density at radius 2 is 1.58 bits per heavy atom. The fourth-order valence-corrected chi connectivity index (χ4v) is 3.64. The van der Waals surface area contributed by atoms with Gasteiger partial charge in [-0.05, 0) is 23.3 Å². The molecule has 0 aliphatic heterocycles. The van der Waals surface area contributed by atoms with Gasteiger partial charge in [-0.2, -0.15) is 0 Å². The fourth-order valence-electron chi connectivity index (χ4n) is 3.64. The Kier molecular flexibility index (Phi) is 3.56. The minimum Gasteiger partial charge on any atom is -0.355 e. The molecule has 0 atom stereocenters. The Labute approximate surface area is 151 Å². The molecular weight excluding hydrogens is 318 g/mol. The number of rotatable bonds is 4. The molecule has 0 fully saturated rings. The molecule has 5 aromatic rings. The highest BCUT2D eigenvalue weighted by Crippen LogP contribution is 2.26. The lowest BCUT2D eigenvalue weighted by atomic mass is 10.1. The maximum atomic E-state index is 4.37. The van der Waals surface area contributed by atoms with Crippen molar-refractivity contribution in [3.63, 3.8) is 0 Å². The Morgan fingerprint density at radius 1 is 0.769 bits per heavy atom. The summed E-state index contributed by atoms with van der Waals surface area (Å²) in [5, 5.41) is 2.56. The lowest BCUT2D eigenvalue weighted by Crippen LogP contribution is -2.03. The van der Waals surface area contributed by atoms with E-state index in [4.69, 9.17) is 0 Å². The van der Waals surface area contributed by atoms with Gasteiger partial charge in [0.1, 0.15) is 0 Å². The maximum Gasteiger partial charge on any atom is 0.0951 e. The first-order valence-corrected chi connectivity index (χ1v) is 8.89. The van der Waals surface area contributed by atoms with Crippen LogP contribution in [0.15, 0.2) is 85.3 Å². The molecule has 0 aliphatic rings. The van der Waals surface area contributed by atoms with Crippen molar-refractivity contribution in [3.05, 3.63) is 102 Å². The van der Waals surface area contributed by atoms with Crippen LogP contribution in [0.5, 0.6) is 0 Å². The smallest absolute Gasteiger partial charge is 0.0951 e. The number of nitrogens with one attached hydrogen (secondary N) is 1. The van der Waals surface area contributed by atoms with Crippen LogP contribution in [0.4, 0.5) is 0 Å². The van der Waals surface area contributed by atoms with Crippen molar-refractivity contribution in [2.45, 2.75) is 13.0 Å². The van der Waals surface area contributed by atoms with E-state index in [1.165, 1.54) is 38.6 Å². The molecule has 0 aliphatic carbocycles. The zero-order chi connectivity index (χ0) is 17.3. The topological polar surface area (TPSA) is 33.6 Å². The molecule has 5 rings (SSSR count). The molecular formula is C23H19N3. The molecule has 0 amide bonds. The van der Waals surface area contributed by atoms with Crippen LogP contribution in [0.1, 0.15) is 16.8 Å². The molecule has 26 heavy (non-hydrogen) atoms. The van der Waals surface area contributed by atoms with Crippen LogP contribution in [-0.2, 0) is 13.0 Å². The molecule has 3 aromatic carbocycles. The third kappa shape index (κ3) is 2.68. The maximum absolute atomic E-state index is 4.37. The van der Waals surface area contributed by atoms with Crippen molar-refractivity contribution in [2.75, 3.05) is 0 Å². The molecule has 0 unspecified atom stereocenters. The quantitative estimate of drug-likeness (QED) is 0.483. The van der Waals surface area contributed by atoms with Crippen LogP contribution in [0.2, 0.25) is 0 Å². The third-order valence-corrected chi connectivity index (χ3v) is 4.95. The SMILES string of the molecule is c1ccc(Cn2cncc2Cc2ccc3c(c2)[nH]c2ccccc23)cc1. The molecule has 3 heteroatoms. The Hall–Kier alpha value is -3.33. The van der Waals surface area contributed by atoms with Gasteiger partial charge in [0.2, 0.25) is 0 Å². The molecule has 126 valence electrons. The third-order valence-electron chi connectivity index (χ3n) is 4.95. The van der Waals surface area contributed by atoms with Gasteiger partial charge in [0, 0.05) is 46.7 Å². The van der Waals surface area contributed by atoms with Crippen LogP contribution in [0.3, 0.4) is 0 Å². The second kappa shape index (κ2) is 6.19. The van der Waals surface area contributed by atoms with Gasteiger partial charge < -0.3 is 9.55 Å². The van der Waals surface area contributed by atoms with Crippen molar-refractivity contribution in [1.82, 2.24) is 14.5 Å². The summed E-state index contributed by atoms with van der Waals surface area (Å²) in [6.45, 7) is 0.852. The van der Waals surface area contributed by atoms with Gasteiger partial charge in [-0.25, -0.2) is 4.98 Å².